The molecule has 1 N–H and O–H groups in total. The second-order valence-corrected chi connectivity index (χ2v) is 3.78. The van der Waals surface area contributed by atoms with Crippen LogP contribution in [0.1, 0.15) is 28.6 Å². The molecule has 0 fully saturated rings. The second-order valence-electron chi connectivity index (χ2n) is 3.78. The number of nitrogens with one attached hydrogen (secondary N) is 1. The summed E-state index contributed by atoms with van der Waals surface area (Å²) in [6, 6.07) is 9.13. The highest BCUT2D eigenvalue weighted by Gasteiger charge is 1.96. The van der Waals surface area contributed by atoms with Crippen LogP contribution in [0.2, 0.25) is 0 Å². The van der Waals surface area contributed by atoms with Crippen molar-refractivity contribution in [3.8, 4) is 0 Å². The molecule has 0 aliphatic rings. The lowest BCUT2D eigenvalue weighted by atomic mass is 10.2. The van der Waals surface area contributed by atoms with Gasteiger partial charge in [-0.2, -0.15) is 0 Å². The standard InChI is InChI=1S/C8H9NO2.C5H12.H2/c1-11-8(10)9-7-5-3-2-4-6-7;1-4-5(2)3;/h2-6H,1H3,(H,9,10);5H,4H2,1-3H3;1H. The number of amides is 1. The Bertz CT molecular complexity index is 289. The smallest absolute Gasteiger partial charge is 0.411 e. The Balaban J connectivity index is 0. The van der Waals surface area contributed by atoms with Crippen LogP contribution in [0.3, 0.4) is 0 Å². The van der Waals surface area contributed by atoms with Gasteiger partial charge in [-0.25, -0.2) is 4.79 Å². The number of para-hydroxylation sites is 1. The van der Waals surface area contributed by atoms with E-state index in [4.69, 9.17) is 0 Å². The Labute approximate surface area is 99.3 Å². The number of anilines is 1. The number of hydrogen-bond donors (Lipinski definition) is 1. The zero-order valence-electron chi connectivity index (χ0n) is 10.5. The molecule has 0 unspecified atom stereocenters. The number of carbonyl (C=O) groups is 1. The van der Waals surface area contributed by atoms with Crippen molar-refractivity contribution in [2.75, 3.05) is 12.4 Å². The average Bonchev–Trinajstić information content (AvgIpc) is 2.31. The predicted molar refractivity (Wildman–Crippen MR) is 69.7 cm³/mol. The summed E-state index contributed by atoms with van der Waals surface area (Å²) in [5.74, 6) is 0.884. The van der Waals surface area contributed by atoms with Crippen molar-refractivity contribution in [3.05, 3.63) is 30.3 Å². The van der Waals surface area contributed by atoms with Crippen LogP contribution in [0.4, 0.5) is 10.5 Å². The van der Waals surface area contributed by atoms with Crippen LogP contribution in [0.5, 0.6) is 0 Å². The van der Waals surface area contributed by atoms with E-state index in [-0.39, 0.29) is 1.43 Å². The normalized spacial score (nSPS) is 9.06. The SMILES string of the molecule is CCC(C)C.COC(=O)Nc1ccccc1.[HH]. The van der Waals surface area contributed by atoms with Gasteiger partial charge in [0.15, 0.2) is 0 Å². The number of carbonyl (C=O) groups excluding carboxylic acids is 1. The molecule has 0 atom stereocenters. The van der Waals surface area contributed by atoms with Crippen LogP contribution in [-0.4, -0.2) is 13.2 Å². The maximum absolute atomic E-state index is 10.6. The Hall–Kier alpha value is -1.51. The maximum Gasteiger partial charge on any atom is 0.411 e. The van der Waals surface area contributed by atoms with Gasteiger partial charge in [0.25, 0.3) is 0 Å². The van der Waals surface area contributed by atoms with E-state index in [1.807, 2.05) is 18.2 Å². The van der Waals surface area contributed by atoms with Gasteiger partial charge in [0.2, 0.25) is 0 Å². The van der Waals surface area contributed by atoms with Crippen LogP contribution in [0.15, 0.2) is 30.3 Å². The lowest BCUT2D eigenvalue weighted by molar-refractivity contribution is 0.187. The topological polar surface area (TPSA) is 38.3 Å². The molecule has 1 amide bonds. The molecule has 1 rings (SSSR count). The fourth-order valence-corrected chi connectivity index (χ4v) is 0.690. The summed E-state index contributed by atoms with van der Waals surface area (Å²) < 4.78 is 4.40. The summed E-state index contributed by atoms with van der Waals surface area (Å²) in [7, 11) is 1.33. The Morgan fingerprint density at radius 1 is 1.38 bits per heavy atom. The number of hydrogen-bond acceptors (Lipinski definition) is 2. The molecule has 1 aromatic rings. The highest BCUT2D eigenvalue weighted by molar-refractivity contribution is 5.84. The van der Waals surface area contributed by atoms with E-state index < -0.39 is 6.09 Å². The number of ether oxygens (including phenoxy) is 1. The molecule has 1 aromatic carbocycles. The van der Waals surface area contributed by atoms with Crippen LogP contribution in [-0.2, 0) is 4.74 Å². The number of methoxy groups -OCH3 is 1. The molecule has 92 valence electrons. The molecular formula is C13H23NO2. The summed E-state index contributed by atoms with van der Waals surface area (Å²) in [5, 5.41) is 2.53. The van der Waals surface area contributed by atoms with Crippen LogP contribution >= 0.6 is 0 Å². The van der Waals surface area contributed by atoms with Crippen molar-refractivity contribution in [1.29, 1.82) is 0 Å². The zero-order valence-corrected chi connectivity index (χ0v) is 10.5. The third-order valence-corrected chi connectivity index (χ3v) is 2.02. The van der Waals surface area contributed by atoms with E-state index in [1.165, 1.54) is 13.5 Å². The van der Waals surface area contributed by atoms with E-state index in [0.717, 1.165) is 11.6 Å². The van der Waals surface area contributed by atoms with Gasteiger partial charge in [-0.15, -0.1) is 0 Å². The molecule has 0 bridgehead atoms. The van der Waals surface area contributed by atoms with Gasteiger partial charge in [-0.1, -0.05) is 45.4 Å². The van der Waals surface area contributed by atoms with E-state index in [9.17, 15) is 4.79 Å². The first-order chi connectivity index (χ1) is 7.60. The molecule has 0 aliphatic heterocycles. The fourth-order valence-electron chi connectivity index (χ4n) is 0.690. The predicted octanol–water partition coefficient (Wildman–Crippen LogP) is 4.16. The zero-order chi connectivity index (χ0) is 12.4. The Morgan fingerprint density at radius 2 is 1.88 bits per heavy atom. The van der Waals surface area contributed by atoms with E-state index in [0.29, 0.717) is 0 Å². The van der Waals surface area contributed by atoms with Gasteiger partial charge in [-0.05, 0) is 18.1 Å². The lowest BCUT2D eigenvalue weighted by Crippen LogP contribution is -2.10. The summed E-state index contributed by atoms with van der Waals surface area (Å²) in [6.45, 7) is 6.64. The molecule has 0 spiro atoms. The molecular weight excluding hydrogens is 202 g/mol. The first-order valence-corrected chi connectivity index (χ1v) is 5.50. The molecule has 0 saturated carbocycles. The van der Waals surface area contributed by atoms with Crippen LogP contribution < -0.4 is 5.32 Å². The molecule has 16 heavy (non-hydrogen) atoms. The highest BCUT2D eigenvalue weighted by Crippen LogP contribution is 2.04. The first kappa shape index (κ1) is 14.5. The summed E-state index contributed by atoms with van der Waals surface area (Å²) in [6.07, 6.45) is 0.858. The third kappa shape index (κ3) is 7.85. The minimum Gasteiger partial charge on any atom is -0.453 e. The highest BCUT2D eigenvalue weighted by atomic mass is 16.5. The largest absolute Gasteiger partial charge is 0.453 e. The van der Waals surface area contributed by atoms with Crippen molar-refractivity contribution >= 4 is 11.8 Å². The van der Waals surface area contributed by atoms with Gasteiger partial charge < -0.3 is 4.74 Å². The van der Waals surface area contributed by atoms with Crippen molar-refractivity contribution in [3.63, 3.8) is 0 Å². The number of rotatable bonds is 2. The average molecular weight is 225 g/mol. The van der Waals surface area contributed by atoms with Crippen LogP contribution in [0, 0.1) is 5.92 Å². The van der Waals surface area contributed by atoms with Crippen LogP contribution in [0.25, 0.3) is 0 Å². The molecule has 0 radical (unpaired) electrons. The van der Waals surface area contributed by atoms with E-state index >= 15 is 0 Å². The van der Waals surface area contributed by atoms with Crippen molar-refractivity contribution in [1.82, 2.24) is 0 Å². The summed E-state index contributed by atoms with van der Waals surface area (Å²) in [4.78, 5) is 10.6. The fraction of sp³-hybridized carbons (Fsp3) is 0.462. The second kappa shape index (κ2) is 8.77. The minimum absolute atomic E-state index is 0. The number of benzene rings is 1. The summed E-state index contributed by atoms with van der Waals surface area (Å²) in [5.41, 5.74) is 0.736. The molecule has 0 aromatic heterocycles. The molecule has 0 saturated heterocycles. The van der Waals surface area contributed by atoms with E-state index in [2.05, 4.69) is 30.8 Å². The lowest BCUT2D eigenvalue weighted by Gasteiger charge is -2.01. The molecule has 3 nitrogen and oxygen atoms in total. The van der Waals surface area contributed by atoms with Crippen molar-refractivity contribution in [2.45, 2.75) is 27.2 Å². The molecule has 0 heterocycles. The maximum atomic E-state index is 10.6. The summed E-state index contributed by atoms with van der Waals surface area (Å²) >= 11 is 0. The van der Waals surface area contributed by atoms with Gasteiger partial charge in [0, 0.05) is 7.11 Å². The Kier molecular flexibility index (Phi) is 7.94. The van der Waals surface area contributed by atoms with Gasteiger partial charge >= 0.3 is 6.09 Å². The molecule has 0 aliphatic carbocycles. The van der Waals surface area contributed by atoms with Crippen molar-refractivity contribution < 1.29 is 11.0 Å². The van der Waals surface area contributed by atoms with Crippen molar-refractivity contribution in [2.24, 2.45) is 5.92 Å². The van der Waals surface area contributed by atoms with Gasteiger partial charge in [-0.3, -0.25) is 5.32 Å². The minimum atomic E-state index is -0.448. The monoisotopic (exact) mass is 225 g/mol. The quantitative estimate of drug-likeness (QED) is 0.820. The van der Waals surface area contributed by atoms with Gasteiger partial charge in [0.05, 0.1) is 7.11 Å². The van der Waals surface area contributed by atoms with E-state index in [1.54, 1.807) is 12.1 Å². The Morgan fingerprint density at radius 3 is 2.25 bits per heavy atom. The first-order valence-electron chi connectivity index (χ1n) is 5.50. The van der Waals surface area contributed by atoms with Gasteiger partial charge in [0.1, 0.15) is 0 Å². The third-order valence-electron chi connectivity index (χ3n) is 2.02. The molecule has 3 heteroatoms.